The van der Waals surface area contributed by atoms with Crippen molar-refractivity contribution in [3.63, 3.8) is 0 Å². The zero-order valence-electron chi connectivity index (χ0n) is 29.5. The summed E-state index contributed by atoms with van der Waals surface area (Å²) in [6.45, 7) is 0. The summed E-state index contributed by atoms with van der Waals surface area (Å²) in [5.41, 5.74) is 2.82. The quantitative estimate of drug-likeness (QED) is 0.0755. The number of carbonyl (C=O) groups is 3. The molecule has 6 rings (SSSR count). The Morgan fingerprint density at radius 3 is 1.94 bits per heavy atom. The predicted molar refractivity (Wildman–Crippen MR) is 213 cm³/mol. The van der Waals surface area contributed by atoms with Crippen molar-refractivity contribution in [1.82, 2.24) is 5.32 Å². The van der Waals surface area contributed by atoms with E-state index in [2.05, 4.69) is 16.0 Å². The second-order valence-electron chi connectivity index (χ2n) is 11.8. The van der Waals surface area contributed by atoms with Gasteiger partial charge in [0.15, 0.2) is 0 Å². The highest BCUT2D eigenvalue weighted by Gasteiger charge is 2.23. The molecule has 0 radical (unpaired) electrons. The van der Waals surface area contributed by atoms with Crippen LogP contribution in [0.2, 0.25) is 0 Å². The Kier molecular flexibility index (Phi) is 12.4. The van der Waals surface area contributed by atoms with E-state index in [1.54, 1.807) is 104 Å². The molecule has 270 valence electrons. The van der Waals surface area contributed by atoms with Crippen LogP contribution in [-0.4, -0.2) is 31.9 Å². The molecule has 0 aliphatic heterocycles. The smallest absolute Gasteiger partial charge is 0.272 e. The topological polar surface area (TPSA) is 115 Å². The van der Waals surface area contributed by atoms with Crippen LogP contribution in [0.1, 0.15) is 26.7 Å². The van der Waals surface area contributed by atoms with Crippen molar-refractivity contribution >= 4 is 46.9 Å². The lowest BCUT2D eigenvalue weighted by Crippen LogP contribution is -2.30. The summed E-state index contributed by atoms with van der Waals surface area (Å²) in [7, 11) is 3.06. The summed E-state index contributed by atoms with van der Waals surface area (Å²) in [6, 6.07) is 47.1. The third-order valence-electron chi connectivity index (χ3n) is 8.06. The molecule has 6 aromatic rings. The molecule has 54 heavy (non-hydrogen) atoms. The van der Waals surface area contributed by atoms with Crippen LogP contribution in [-0.2, 0) is 9.59 Å². The number of methoxy groups -OCH3 is 2. The van der Waals surface area contributed by atoms with Crippen LogP contribution in [0.4, 0.5) is 11.4 Å². The normalized spacial score (nSPS) is 11.5. The Morgan fingerprint density at radius 2 is 1.26 bits per heavy atom. The summed E-state index contributed by atoms with van der Waals surface area (Å²) >= 11 is 1.34. The second kappa shape index (κ2) is 18.1. The predicted octanol–water partition coefficient (Wildman–Crippen LogP) is 9.38. The van der Waals surface area contributed by atoms with Crippen molar-refractivity contribution in [1.29, 1.82) is 0 Å². The van der Waals surface area contributed by atoms with Crippen molar-refractivity contribution in [2.45, 2.75) is 10.1 Å². The van der Waals surface area contributed by atoms with E-state index >= 15 is 0 Å². The van der Waals surface area contributed by atoms with Crippen molar-refractivity contribution in [2.24, 2.45) is 0 Å². The number of ether oxygens (including phenoxy) is 3. The van der Waals surface area contributed by atoms with Crippen LogP contribution in [0.15, 0.2) is 168 Å². The van der Waals surface area contributed by atoms with Crippen molar-refractivity contribution in [2.75, 3.05) is 24.9 Å². The summed E-state index contributed by atoms with van der Waals surface area (Å²) in [6.07, 6.45) is 1.54. The van der Waals surface area contributed by atoms with Gasteiger partial charge in [-0.2, -0.15) is 0 Å². The standard InChI is InChI=1S/C44H37N3O6S/c1-51-37-24-21-32(40(29-37)52-2)27-39(47-42(48)31-15-8-4-9-16-31)43(49)46-34-17-12-20-38(28-34)54-41(30-13-6-3-7-14-30)44(50)45-33-22-25-36(26-23-33)53-35-18-10-5-11-19-35/h3-29,41H,1-2H3,(H,45,50)(H,46,49)(H,47,48)/b39-27+. The maximum atomic E-state index is 13.9. The van der Waals surface area contributed by atoms with Gasteiger partial charge in [-0.1, -0.05) is 72.8 Å². The third kappa shape index (κ3) is 9.96. The number of benzene rings is 6. The fourth-order valence-electron chi connectivity index (χ4n) is 5.36. The van der Waals surface area contributed by atoms with Gasteiger partial charge in [0.2, 0.25) is 5.91 Å². The minimum Gasteiger partial charge on any atom is -0.497 e. The fourth-order valence-corrected chi connectivity index (χ4v) is 6.44. The Balaban J connectivity index is 1.21. The van der Waals surface area contributed by atoms with Crippen molar-refractivity contribution in [3.05, 3.63) is 180 Å². The molecule has 0 aliphatic carbocycles. The molecule has 0 aliphatic rings. The Morgan fingerprint density at radius 1 is 0.611 bits per heavy atom. The number of nitrogens with one attached hydrogen (secondary N) is 3. The van der Waals surface area contributed by atoms with Gasteiger partial charge in [0.25, 0.3) is 11.8 Å². The van der Waals surface area contributed by atoms with Crippen LogP contribution in [0.25, 0.3) is 6.08 Å². The first-order valence-electron chi connectivity index (χ1n) is 17.0. The number of carbonyl (C=O) groups excluding carboxylic acids is 3. The minimum atomic E-state index is -0.624. The molecule has 0 spiro atoms. The zero-order chi connectivity index (χ0) is 37.7. The Bertz CT molecular complexity index is 2230. The number of hydrogen-bond donors (Lipinski definition) is 3. The lowest BCUT2D eigenvalue weighted by molar-refractivity contribution is -0.116. The zero-order valence-corrected chi connectivity index (χ0v) is 30.3. The first kappa shape index (κ1) is 37.0. The molecule has 0 fully saturated rings. The molecule has 1 unspecified atom stereocenters. The number of amides is 3. The number of para-hydroxylation sites is 1. The van der Waals surface area contributed by atoms with E-state index in [1.807, 2.05) is 66.7 Å². The Labute approximate surface area is 318 Å². The van der Waals surface area contributed by atoms with Gasteiger partial charge in [0.1, 0.15) is 33.9 Å². The molecule has 1 atom stereocenters. The van der Waals surface area contributed by atoms with Crippen LogP contribution in [0.5, 0.6) is 23.0 Å². The summed E-state index contributed by atoms with van der Waals surface area (Å²) in [5.74, 6) is 1.16. The van der Waals surface area contributed by atoms with Gasteiger partial charge in [-0.25, -0.2) is 0 Å². The monoisotopic (exact) mass is 735 g/mol. The maximum Gasteiger partial charge on any atom is 0.272 e. The highest BCUT2D eigenvalue weighted by atomic mass is 32.2. The maximum absolute atomic E-state index is 13.9. The van der Waals surface area contributed by atoms with E-state index in [4.69, 9.17) is 14.2 Å². The van der Waals surface area contributed by atoms with Gasteiger partial charge in [-0.3, -0.25) is 14.4 Å². The average Bonchev–Trinajstić information content (AvgIpc) is 3.21. The lowest BCUT2D eigenvalue weighted by Gasteiger charge is -2.18. The number of thioether (sulfide) groups is 1. The van der Waals surface area contributed by atoms with E-state index in [9.17, 15) is 14.4 Å². The van der Waals surface area contributed by atoms with E-state index in [-0.39, 0.29) is 11.6 Å². The van der Waals surface area contributed by atoms with Gasteiger partial charge in [-0.15, -0.1) is 11.8 Å². The molecule has 0 heterocycles. The first-order valence-corrected chi connectivity index (χ1v) is 17.8. The van der Waals surface area contributed by atoms with Gasteiger partial charge in [0.05, 0.1) is 14.2 Å². The van der Waals surface area contributed by atoms with E-state index in [1.165, 1.54) is 18.9 Å². The average molecular weight is 736 g/mol. The fraction of sp³-hybridized carbons (Fsp3) is 0.0682. The van der Waals surface area contributed by atoms with Gasteiger partial charge in [0, 0.05) is 33.5 Å². The molecule has 6 aromatic carbocycles. The summed E-state index contributed by atoms with van der Waals surface area (Å²) in [4.78, 5) is 41.7. The molecule has 3 amide bonds. The van der Waals surface area contributed by atoms with Gasteiger partial charge in [-0.05, 0) is 90.5 Å². The van der Waals surface area contributed by atoms with Crippen molar-refractivity contribution in [3.8, 4) is 23.0 Å². The largest absolute Gasteiger partial charge is 0.497 e. The van der Waals surface area contributed by atoms with Crippen LogP contribution in [0, 0.1) is 0 Å². The molecule has 0 saturated heterocycles. The third-order valence-corrected chi connectivity index (χ3v) is 9.30. The summed E-state index contributed by atoms with van der Waals surface area (Å²) in [5, 5.41) is 8.08. The van der Waals surface area contributed by atoms with E-state index in [0.717, 1.165) is 16.2 Å². The molecule has 9 nitrogen and oxygen atoms in total. The SMILES string of the molecule is COc1ccc(/C=C(/NC(=O)c2ccccc2)C(=O)Nc2cccc(SC(C(=O)Nc3ccc(Oc4ccccc4)cc3)c3ccccc3)c2)c(OC)c1. The van der Waals surface area contributed by atoms with Crippen LogP contribution < -0.4 is 30.2 Å². The van der Waals surface area contributed by atoms with Crippen LogP contribution >= 0.6 is 11.8 Å². The van der Waals surface area contributed by atoms with E-state index in [0.29, 0.717) is 39.8 Å². The minimum absolute atomic E-state index is 0.00731. The molecular weight excluding hydrogens is 699 g/mol. The first-order chi connectivity index (χ1) is 26.4. The Hall–Kier alpha value is -6.78. The van der Waals surface area contributed by atoms with Crippen LogP contribution in [0.3, 0.4) is 0 Å². The highest BCUT2D eigenvalue weighted by molar-refractivity contribution is 8.00. The molecular formula is C44H37N3O6S. The molecule has 0 aromatic heterocycles. The molecule has 3 N–H and O–H groups in total. The lowest BCUT2D eigenvalue weighted by atomic mass is 10.1. The number of anilines is 2. The number of rotatable bonds is 14. The second-order valence-corrected chi connectivity index (χ2v) is 13.0. The van der Waals surface area contributed by atoms with Crippen molar-refractivity contribution < 1.29 is 28.6 Å². The molecule has 10 heteroatoms. The molecule has 0 bridgehead atoms. The summed E-state index contributed by atoms with van der Waals surface area (Å²) < 4.78 is 16.8. The van der Waals surface area contributed by atoms with Gasteiger partial charge >= 0.3 is 0 Å². The number of hydrogen-bond acceptors (Lipinski definition) is 7. The van der Waals surface area contributed by atoms with Gasteiger partial charge < -0.3 is 30.2 Å². The highest BCUT2D eigenvalue weighted by Crippen LogP contribution is 2.37. The molecule has 0 saturated carbocycles. The van der Waals surface area contributed by atoms with E-state index < -0.39 is 17.1 Å².